The Hall–Kier alpha value is -1.21. The second-order valence-corrected chi connectivity index (χ2v) is 7.22. The molecular formula is C18H25ClFN3O2. The molecule has 0 aliphatic carbocycles. The molecule has 1 atom stereocenters. The molecule has 2 N–H and O–H groups in total. The first kappa shape index (κ1) is 18.6. The Labute approximate surface area is 152 Å². The number of ether oxygens (including phenoxy) is 1. The van der Waals surface area contributed by atoms with Gasteiger partial charge in [0.25, 0.3) is 0 Å². The maximum absolute atomic E-state index is 13.1. The molecule has 0 spiro atoms. The molecule has 2 aliphatic rings. The molecule has 2 aliphatic heterocycles. The molecule has 0 bridgehead atoms. The van der Waals surface area contributed by atoms with Crippen LogP contribution < -0.4 is 5.73 Å². The van der Waals surface area contributed by atoms with E-state index in [1.807, 2.05) is 4.90 Å². The highest BCUT2D eigenvalue weighted by atomic mass is 35.5. The summed E-state index contributed by atoms with van der Waals surface area (Å²) >= 11 is 6.10. The second-order valence-electron chi connectivity index (χ2n) is 6.81. The monoisotopic (exact) mass is 369 g/mol. The average Bonchev–Trinajstić information content (AvgIpc) is 2.64. The van der Waals surface area contributed by atoms with Crippen LogP contribution in [-0.2, 0) is 16.1 Å². The van der Waals surface area contributed by atoms with Gasteiger partial charge in [0.15, 0.2) is 0 Å². The van der Waals surface area contributed by atoms with E-state index in [2.05, 4.69) is 4.90 Å². The highest BCUT2D eigenvalue weighted by Crippen LogP contribution is 2.21. The van der Waals surface area contributed by atoms with E-state index in [-0.39, 0.29) is 17.6 Å². The molecule has 2 heterocycles. The van der Waals surface area contributed by atoms with Gasteiger partial charge in [-0.15, -0.1) is 0 Å². The van der Waals surface area contributed by atoms with Gasteiger partial charge < -0.3 is 15.4 Å². The van der Waals surface area contributed by atoms with Gasteiger partial charge in [-0.05, 0) is 36.5 Å². The van der Waals surface area contributed by atoms with Crippen molar-refractivity contribution in [3.05, 3.63) is 34.6 Å². The molecule has 0 saturated carbocycles. The van der Waals surface area contributed by atoms with Crippen LogP contribution in [0, 0.1) is 11.7 Å². The predicted molar refractivity (Wildman–Crippen MR) is 94.8 cm³/mol. The normalized spacial score (nSPS) is 21.3. The third-order valence-corrected chi connectivity index (χ3v) is 5.50. The van der Waals surface area contributed by atoms with Crippen molar-refractivity contribution in [3.63, 3.8) is 0 Å². The van der Waals surface area contributed by atoms with Gasteiger partial charge in [0, 0.05) is 51.0 Å². The van der Waals surface area contributed by atoms with Gasteiger partial charge in [-0.1, -0.05) is 17.7 Å². The Morgan fingerprint density at radius 1 is 1.28 bits per heavy atom. The smallest absolute Gasteiger partial charge is 0.239 e. The first-order valence-corrected chi connectivity index (χ1v) is 9.21. The van der Waals surface area contributed by atoms with Crippen molar-refractivity contribution in [3.8, 4) is 0 Å². The Kier molecular flexibility index (Phi) is 6.28. The zero-order valence-electron chi connectivity index (χ0n) is 14.3. The van der Waals surface area contributed by atoms with Crippen LogP contribution in [0.25, 0.3) is 0 Å². The predicted octanol–water partition coefficient (Wildman–Crippen LogP) is 1.88. The number of carbonyl (C=O) groups excluding carboxylic acids is 1. The SMILES string of the molecule is NC(C(=O)N1CCN(Cc2ccc(F)cc2Cl)CC1)C1CCOCC1. The molecule has 1 aromatic carbocycles. The van der Waals surface area contributed by atoms with E-state index in [9.17, 15) is 9.18 Å². The molecule has 25 heavy (non-hydrogen) atoms. The van der Waals surface area contributed by atoms with Gasteiger partial charge in [0.1, 0.15) is 5.82 Å². The Bertz CT molecular complexity index is 602. The maximum Gasteiger partial charge on any atom is 0.239 e. The summed E-state index contributed by atoms with van der Waals surface area (Å²) in [5.74, 6) is -0.0602. The fraction of sp³-hybridized carbons (Fsp3) is 0.611. The van der Waals surface area contributed by atoms with Crippen molar-refractivity contribution in [2.75, 3.05) is 39.4 Å². The standard InChI is InChI=1S/C18H25ClFN3O2/c19-16-11-15(20)2-1-14(16)12-22-5-7-23(8-6-22)18(24)17(21)13-3-9-25-10-4-13/h1-2,11,13,17H,3-10,12,21H2. The molecule has 0 aromatic heterocycles. The van der Waals surface area contributed by atoms with E-state index in [1.54, 1.807) is 6.07 Å². The van der Waals surface area contributed by atoms with E-state index in [0.717, 1.165) is 31.5 Å². The molecule has 3 rings (SSSR count). The summed E-state index contributed by atoms with van der Waals surface area (Å²) in [5, 5.41) is 0.444. The molecule has 7 heteroatoms. The van der Waals surface area contributed by atoms with Crippen LogP contribution in [-0.4, -0.2) is 61.1 Å². The lowest BCUT2D eigenvalue weighted by Crippen LogP contribution is -2.55. The summed E-state index contributed by atoms with van der Waals surface area (Å²) in [6.07, 6.45) is 1.71. The highest BCUT2D eigenvalue weighted by molar-refractivity contribution is 6.31. The maximum atomic E-state index is 13.1. The number of rotatable bonds is 4. The first-order chi connectivity index (χ1) is 12.0. The number of hydrogen-bond acceptors (Lipinski definition) is 4. The Morgan fingerprint density at radius 2 is 1.96 bits per heavy atom. The molecule has 0 radical (unpaired) electrons. The zero-order chi connectivity index (χ0) is 17.8. The Balaban J connectivity index is 1.50. The molecule has 1 amide bonds. The number of benzene rings is 1. The van der Waals surface area contributed by atoms with Crippen molar-refractivity contribution >= 4 is 17.5 Å². The van der Waals surface area contributed by atoms with Gasteiger partial charge in [-0.25, -0.2) is 4.39 Å². The summed E-state index contributed by atoms with van der Waals surface area (Å²) in [6.45, 7) is 4.89. The van der Waals surface area contributed by atoms with Gasteiger partial charge in [-0.2, -0.15) is 0 Å². The number of piperazine rings is 1. The van der Waals surface area contributed by atoms with Gasteiger partial charge in [-0.3, -0.25) is 9.69 Å². The minimum Gasteiger partial charge on any atom is -0.381 e. The molecule has 1 unspecified atom stereocenters. The summed E-state index contributed by atoms with van der Waals surface area (Å²) in [5.41, 5.74) is 7.11. The van der Waals surface area contributed by atoms with Crippen molar-refractivity contribution in [1.82, 2.24) is 9.80 Å². The molecule has 138 valence electrons. The van der Waals surface area contributed by atoms with Crippen LogP contribution in [0.2, 0.25) is 5.02 Å². The van der Waals surface area contributed by atoms with Crippen LogP contribution in [0.3, 0.4) is 0 Å². The van der Waals surface area contributed by atoms with E-state index in [1.165, 1.54) is 12.1 Å². The number of halogens is 2. The van der Waals surface area contributed by atoms with E-state index < -0.39 is 6.04 Å². The van der Waals surface area contributed by atoms with Crippen LogP contribution in [0.15, 0.2) is 18.2 Å². The zero-order valence-corrected chi connectivity index (χ0v) is 15.1. The van der Waals surface area contributed by atoms with Crippen molar-refractivity contribution < 1.29 is 13.9 Å². The largest absolute Gasteiger partial charge is 0.381 e. The van der Waals surface area contributed by atoms with E-state index in [0.29, 0.717) is 37.9 Å². The fourth-order valence-corrected chi connectivity index (χ4v) is 3.73. The highest BCUT2D eigenvalue weighted by Gasteiger charge is 2.31. The van der Waals surface area contributed by atoms with Crippen molar-refractivity contribution in [1.29, 1.82) is 0 Å². The summed E-state index contributed by atoms with van der Waals surface area (Å²) < 4.78 is 18.5. The summed E-state index contributed by atoms with van der Waals surface area (Å²) in [6, 6.07) is 4.05. The van der Waals surface area contributed by atoms with Gasteiger partial charge in [0.2, 0.25) is 5.91 Å². The molecule has 2 saturated heterocycles. The number of carbonyl (C=O) groups is 1. The van der Waals surface area contributed by atoms with E-state index >= 15 is 0 Å². The summed E-state index contributed by atoms with van der Waals surface area (Å²) in [4.78, 5) is 16.7. The number of nitrogens with zero attached hydrogens (tertiary/aromatic N) is 2. The van der Waals surface area contributed by atoms with Gasteiger partial charge >= 0.3 is 0 Å². The lowest BCUT2D eigenvalue weighted by Gasteiger charge is -2.37. The third-order valence-electron chi connectivity index (χ3n) is 5.15. The topological polar surface area (TPSA) is 58.8 Å². The third kappa shape index (κ3) is 4.70. The number of nitrogens with two attached hydrogens (primary N) is 1. The fourth-order valence-electron chi connectivity index (χ4n) is 3.50. The Morgan fingerprint density at radius 3 is 2.60 bits per heavy atom. The van der Waals surface area contributed by atoms with Crippen LogP contribution >= 0.6 is 11.6 Å². The average molecular weight is 370 g/mol. The first-order valence-electron chi connectivity index (χ1n) is 8.83. The van der Waals surface area contributed by atoms with Crippen LogP contribution in [0.1, 0.15) is 18.4 Å². The number of hydrogen-bond donors (Lipinski definition) is 1. The van der Waals surface area contributed by atoms with Crippen LogP contribution in [0.4, 0.5) is 4.39 Å². The lowest BCUT2D eigenvalue weighted by atomic mass is 9.91. The molecule has 2 fully saturated rings. The van der Waals surface area contributed by atoms with Crippen LogP contribution in [0.5, 0.6) is 0 Å². The molecular weight excluding hydrogens is 345 g/mol. The lowest BCUT2D eigenvalue weighted by molar-refractivity contribution is -0.136. The summed E-state index contributed by atoms with van der Waals surface area (Å²) in [7, 11) is 0. The number of amides is 1. The van der Waals surface area contributed by atoms with Crippen molar-refractivity contribution in [2.24, 2.45) is 11.7 Å². The quantitative estimate of drug-likeness (QED) is 0.880. The molecule has 1 aromatic rings. The van der Waals surface area contributed by atoms with E-state index in [4.69, 9.17) is 22.1 Å². The second kappa shape index (κ2) is 8.45. The molecule has 5 nitrogen and oxygen atoms in total. The minimum absolute atomic E-state index is 0.0476. The van der Waals surface area contributed by atoms with Crippen molar-refractivity contribution in [2.45, 2.75) is 25.4 Å². The minimum atomic E-state index is -0.429. The van der Waals surface area contributed by atoms with Gasteiger partial charge in [0.05, 0.1) is 6.04 Å².